The highest BCUT2D eigenvalue weighted by Crippen LogP contribution is 2.54. The first kappa shape index (κ1) is 9.70. The summed E-state index contributed by atoms with van der Waals surface area (Å²) in [6.07, 6.45) is 9.20. The van der Waals surface area contributed by atoms with Crippen molar-refractivity contribution in [2.45, 2.75) is 25.9 Å². The number of carbonyl (C=O) groups excluding carboxylic acids is 1. The molecule has 0 unspecified atom stereocenters. The zero-order chi connectivity index (χ0) is 11.2. The van der Waals surface area contributed by atoms with E-state index in [0.717, 1.165) is 18.4 Å². The third-order valence-electron chi connectivity index (χ3n) is 3.82. The van der Waals surface area contributed by atoms with Crippen LogP contribution in [0.3, 0.4) is 0 Å². The lowest BCUT2D eigenvalue weighted by molar-refractivity contribution is -0.143. The Kier molecular flexibility index (Phi) is 1.96. The van der Waals surface area contributed by atoms with Crippen LogP contribution in [0.2, 0.25) is 0 Å². The van der Waals surface area contributed by atoms with E-state index in [1.54, 1.807) is 12.5 Å². The maximum Gasteiger partial charge on any atom is 0.314 e. The summed E-state index contributed by atoms with van der Waals surface area (Å²) in [5.41, 5.74) is 0.851. The number of rotatable bonds is 1. The highest BCUT2D eigenvalue weighted by molar-refractivity contribution is 5.78. The van der Waals surface area contributed by atoms with Gasteiger partial charge in [-0.3, -0.25) is 4.79 Å². The van der Waals surface area contributed by atoms with Gasteiger partial charge in [0.1, 0.15) is 6.10 Å². The molecule has 0 spiro atoms. The summed E-state index contributed by atoms with van der Waals surface area (Å²) in [6.45, 7) is 2.13. The monoisotopic (exact) mass is 218 g/mol. The van der Waals surface area contributed by atoms with E-state index in [4.69, 9.17) is 9.15 Å². The SMILES string of the molecule is C[C@@]12CCC=C[C@@H]1C(=O)O[C@@H]2c1ccoc1. The van der Waals surface area contributed by atoms with Crippen molar-refractivity contribution in [2.24, 2.45) is 11.3 Å². The Morgan fingerprint density at radius 3 is 3.12 bits per heavy atom. The number of furan rings is 1. The first-order chi connectivity index (χ1) is 7.72. The summed E-state index contributed by atoms with van der Waals surface area (Å²) in [6, 6.07) is 1.88. The van der Waals surface area contributed by atoms with E-state index < -0.39 is 0 Å². The fourth-order valence-electron chi connectivity index (χ4n) is 2.84. The second-order valence-corrected chi connectivity index (χ2v) is 4.82. The van der Waals surface area contributed by atoms with Crippen LogP contribution < -0.4 is 0 Å². The van der Waals surface area contributed by atoms with Gasteiger partial charge in [0.25, 0.3) is 0 Å². The molecular weight excluding hydrogens is 204 g/mol. The van der Waals surface area contributed by atoms with E-state index >= 15 is 0 Å². The number of esters is 1. The summed E-state index contributed by atoms with van der Waals surface area (Å²) in [7, 11) is 0. The van der Waals surface area contributed by atoms with Crippen molar-refractivity contribution in [1.29, 1.82) is 0 Å². The quantitative estimate of drug-likeness (QED) is 0.537. The fourth-order valence-corrected chi connectivity index (χ4v) is 2.84. The van der Waals surface area contributed by atoms with Crippen LogP contribution in [-0.2, 0) is 9.53 Å². The molecule has 3 rings (SSSR count). The van der Waals surface area contributed by atoms with Gasteiger partial charge in [-0.15, -0.1) is 0 Å². The van der Waals surface area contributed by atoms with Crippen molar-refractivity contribution in [1.82, 2.24) is 0 Å². The van der Waals surface area contributed by atoms with Gasteiger partial charge >= 0.3 is 5.97 Å². The number of hydrogen-bond donors (Lipinski definition) is 0. The van der Waals surface area contributed by atoms with Crippen LogP contribution in [0.25, 0.3) is 0 Å². The molecule has 2 heterocycles. The largest absolute Gasteiger partial charge is 0.472 e. The van der Waals surface area contributed by atoms with Crippen LogP contribution in [0, 0.1) is 11.3 Å². The molecule has 3 atom stereocenters. The molecule has 1 aliphatic carbocycles. The lowest BCUT2D eigenvalue weighted by Gasteiger charge is -2.33. The van der Waals surface area contributed by atoms with Crippen molar-refractivity contribution >= 4 is 5.97 Å². The lowest BCUT2D eigenvalue weighted by atomic mass is 9.68. The molecule has 1 saturated heterocycles. The smallest absolute Gasteiger partial charge is 0.314 e. The minimum atomic E-state index is -0.159. The van der Waals surface area contributed by atoms with Crippen LogP contribution in [0.15, 0.2) is 35.2 Å². The van der Waals surface area contributed by atoms with Crippen LogP contribution in [0.1, 0.15) is 31.4 Å². The van der Waals surface area contributed by atoms with Gasteiger partial charge < -0.3 is 9.15 Å². The first-order valence-electron chi connectivity index (χ1n) is 5.61. The van der Waals surface area contributed by atoms with Gasteiger partial charge in [0.05, 0.1) is 18.4 Å². The Bertz CT molecular complexity index is 432. The average molecular weight is 218 g/mol. The standard InChI is InChI=1S/C13H14O3/c1-13-6-3-2-4-10(13)12(14)16-11(13)9-5-7-15-8-9/h2,4-5,7-8,10-11H,3,6H2,1H3/t10-,11-,13-/m1/s1. The first-order valence-corrected chi connectivity index (χ1v) is 5.61. The van der Waals surface area contributed by atoms with E-state index in [-0.39, 0.29) is 23.4 Å². The van der Waals surface area contributed by atoms with Gasteiger partial charge in [-0.1, -0.05) is 19.1 Å². The molecule has 3 nitrogen and oxygen atoms in total. The fraction of sp³-hybridized carbons (Fsp3) is 0.462. The predicted octanol–water partition coefficient (Wildman–Crippen LogP) is 2.85. The summed E-state index contributed by atoms with van der Waals surface area (Å²) in [5, 5.41) is 0. The Morgan fingerprint density at radius 2 is 2.38 bits per heavy atom. The van der Waals surface area contributed by atoms with Crippen LogP contribution in [0.5, 0.6) is 0 Å². The third-order valence-corrected chi connectivity index (χ3v) is 3.82. The van der Waals surface area contributed by atoms with Gasteiger partial charge in [0, 0.05) is 11.0 Å². The van der Waals surface area contributed by atoms with Crippen molar-refractivity contribution in [3.8, 4) is 0 Å². The van der Waals surface area contributed by atoms with E-state index in [2.05, 4.69) is 13.0 Å². The Hall–Kier alpha value is -1.51. The van der Waals surface area contributed by atoms with Gasteiger partial charge in [-0.25, -0.2) is 0 Å². The van der Waals surface area contributed by atoms with Gasteiger partial charge in [-0.2, -0.15) is 0 Å². The van der Waals surface area contributed by atoms with Crippen LogP contribution >= 0.6 is 0 Å². The van der Waals surface area contributed by atoms with E-state index in [9.17, 15) is 4.79 Å². The van der Waals surface area contributed by atoms with Crippen LogP contribution in [0.4, 0.5) is 0 Å². The van der Waals surface area contributed by atoms with Crippen molar-refractivity contribution in [3.05, 3.63) is 36.3 Å². The molecule has 3 heteroatoms. The molecule has 1 aromatic rings. The average Bonchev–Trinajstić information content (AvgIpc) is 2.85. The molecule has 1 aliphatic heterocycles. The summed E-state index contributed by atoms with van der Waals surface area (Å²) >= 11 is 0. The molecule has 0 bridgehead atoms. The molecule has 1 aromatic heterocycles. The zero-order valence-electron chi connectivity index (χ0n) is 9.18. The predicted molar refractivity (Wildman–Crippen MR) is 57.5 cm³/mol. The van der Waals surface area contributed by atoms with Gasteiger partial charge in [0.15, 0.2) is 0 Å². The molecule has 84 valence electrons. The second-order valence-electron chi connectivity index (χ2n) is 4.82. The van der Waals surface area contributed by atoms with Crippen molar-refractivity contribution in [2.75, 3.05) is 0 Å². The molecule has 1 fully saturated rings. The maximum atomic E-state index is 11.8. The molecule has 0 N–H and O–H groups in total. The molecule has 16 heavy (non-hydrogen) atoms. The number of cyclic esters (lactones) is 1. The molecule has 0 aromatic carbocycles. The number of fused-ring (bicyclic) bond motifs is 1. The normalized spacial score (nSPS) is 37.2. The lowest BCUT2D eigenvalue weighted by Crippen LogP contribution is -2.30. The zero-order valence-corrected chi connectivity index (χ0v) is 9.18. The Morgan fingerprint density at radius 1 is 1.50 bits per heavy atom. The van der Waals surface area contributed by atoms with Crippen LogP contribution in [-0.4, -0.2) is 5.97 Å². The summed E-state index contributed by atoms with van der Waals surface area (Å²) in [5.74, 6) is -0.203. The Labute approximate surface area is 94.1 Å². The molecule has 0 radical (unpaired) electrons. The summed E-state index contributed by atoms with van der Waals surface area (Å²) in [4.78, 5) is 11.8. The topological polar surface area (TPSA) is 39.4 Å². The number of allylic oxidation sites excluding steroid dienone is 1. The molecular formula is C13H14O3. The third kappa shape index (κ3) is 1.17. The van der Waals surface area contributed by atoms with Gasteiger partial charge in [0.2, 0.25) is 0 Å². The van der Waals surface area contributed by atoms with E-state index in [1.807, 2.05) is 12.1 Å². The van der Waals surface area contributed by atoms with E-state index in [0.29, 0.717) is 0 Å². The highest BCUT2D eigenvalue weighted by Gasteiger charge is 2.54. The molecule has 0 saturated carbocycles. The Balaban J connectivity index is 2.03. The number of hydrogen-bond acceptors (Lipinski definition) is 3. The molecule has 0 amide bonds. The second kappa shape index (κ2) is 3.24. The van der Waals surface area contributed by atoms with Crippen molar-refractivity contribution in [3.63, 3.8) is 0 Å². The number of ether oxygens (including phenoxy) is 1. The minimum absolute atomic E-state index is 0.0962. The minimum Gasteiger partial charge on any atom is -0.472 e. The maximum absolute atomic E-state index is 11.8. The highest BCUT2D eigenvalue weighted by atomic mass is 16.6. The van der Waals surface area contributed by atoms with Gasteiger partial charge in [-0.05, 0) is 18.9 Å². The number of carbonyl (C=O) groups is 1. The van der Waals surface area contributed by atoms with E-state index in [1.165, 1.54) is 0 Å². The van der Waals surface area contributed by atoms with Crippen molar-refractivity contribution < 1.29 is 13.9 Å². The molecule has 2 aliphatic rings. The summed E-state index contributed by atoms with van der Waals surface area (Å²) < 4.78 is 10.6.